The van der Waals surface area contributed by atoms with Crippen molar-refractivity contribution in [1.82, 2.24) is 4.90 Å². The lowest BCUT2D eigenvalue weighted by atomic mass is 10.1. The Morgan fingerprint density at radius 3 is 2.67 bits per heavy atom. The summed E-state index contributed by atoms with van der Waals surface area (Å²) < 4.78 is 11.0. The SMILES string of the molecule is COc1ccc(CN2CC(C)OC(C)C2)cc1C(N)=NO. The second kappa shape index (κ2) is 6.78. The van der Waals surface area contributed by atoms with Crippen LogP contribution in [0, 0.1) is 0 Å². The van der Waals surface area contributed by atoms with Gasteiger partial charge in [0.1, 0.15) is 5.75 Å². The van der Waals surface area contributed by atoms with E-state index in [0.717, 1.165) is 25.2 Å². The van der Waals surface area contributed by atoms with Gasteiger partial charge in [-0.25, -0.2) is 0 Å². The number of benzene rings is 1. The van der Waals surface area contributed by atoms with E-state index >= 15 is 0 Å². The van der Waals surface area contributed by atoms with Crippen LogP contribution in [0.2, 0.25) is 0 Å². The molecule has 6 nitrogen and oxygen atoms in total. The lowest BCUT2D eigenvalue weighted by Gasteiger charge is -2.35. The van der Waals surface area contributed by atoms with E-state index in [1.165, 1.54) is 0 Å². The lowest BCUT2D eigenvalue weighted by molar-refractivity contribution is -0.0704. The number of nitrogens with two attached hydrogens (primary N) is 1. The van der Waals surface area contributed by atoms with Crippen LogP contribution in [0.1, 0.15) is 25.0 Å². The summed E-state index contributed by atoms with van der Waals surface area (Å²) >= 11 is 0. The Morgan fingerprint density at radius 2 is 2.10 bits per heavy atom. The van der Waals surface area contributed by atoms with Crippen LogP contribution >= 0.6 is 0 Å². The highest BCUT2D eigenvalue weighted by Crippen LogP contribution is 2.21. The van der Waals surface area contributed by atoms with Gasteiger partial charge in [0, 0.05) is 19.6 Å². The summed E-state index contributed by atoms with van der Waals surface area (Å²) in [6.45, 7) is 6.76. The van der Waals surface area contributed by atoms with Crippen molar-refractivity contribution in [1.29, 1.82) is 0 Å². The number of morpholine rings is 1. The number of hydrogen-bond donors (Lipinski definition) is 2. The predicted octanol–water partition coefficient (Wildman–Crippen LogP) is 1.40. The molecule has 1 aliphatic rings. The van der Waals surface area contributed by atoms with Crippen LogP contribution in [0.15, 0.2) is 23.4 Å². The molecule has 6 heteroatoms. The Morgan fingerprint density at radius 1 is 1.43 bits per heavy atom. The highest BCUT2D eigenvalue weighted by Gasteiger charge is 2.22. The van der Waals surface area contributed by atoms with Gasteiger partial charge in [0.2, 0.25) is 0 Å². The standard InChI is InChI=1S/C15H23N3O3/c1-10-7-18(8-11(2)21-10)9-12-4-5-14(20-3)13(6-12)15(16)17-19/h4-6,10-11,19H,7-9H2,1-3H3,(H2,16,17). The van der Waals surface area contributed by atoms with Crippen LogP contribution in [0.5, 0.6) is 5.75 Å². The summed E-state index contributed by atoms with van der Waals surface area (Å²) in [6.07, 6.45) is 0.464. The van der Waals surface area contributed by atoms with E-state index in [1.54, 1.807) is 7.11 Å². The normalized spacial score (nSPS) is 24.0. The zero-order valence-electron chi connectivity index (χ0n) is 12.7. The molecule has 1 aromatic carbocycles. The minimum Gasteiger partial charge on any atom is -0.496 e. The van der Waals surface area contributed by atoms with Crippen molar-refractivity contribution in [2.45, 2.75) is 32.6 Å². The summed E-state index contributed by atoms with van der Waals surface area (Å²) in [6, 6.07) is 5.74. The number of rotatable bonds is 4. The van der Waals surface area contributed by atoms with Crippen LogP contribution in [0.3, 0.4) is 0 Å². The smallest absolute Gasteiger partial charge is 0.173 e. The third-order valence-corrected chi connectivity index (χ3v) is 3.55. The van der Waals surface area contributed by atoms with Gasteiger partial charge in [0.25, 0.3) is 0 Å². The molecule has 2 atom stereocenters. The van der Waals surface area contributed by atoms with Gasteiger partial charge in [0.05, 0.1) is 24.9 Å². The monoisotopic (exact) mass is 293 g/mol. The first-order valence-electron chi connectivity index (χ1n) is 7.06. The van der Waals surface area contributed by atoms with Gasteiger partial charge < -0.3 is 20.4 Å². The van der Waals surface area contributed by atoms with E-state index in [-0.39, 0.29) is 18.0 Å². The molecule has 2 unspecified atom stereocenters. The van der Waals surface area contributed by atoms with E-state index in [4.69, 9.17) is 20.4 Å². The quantitative estimate of drug-likeness (QED) is 0.379. The topological polar surface area (TPSA) is 80.3 Å². The second-order valence-corrected chi connectivity index (χ2v) is 5.47. The summed E-state index contributed by atoms with van der Waals surface area (Å²) in [4.78, 5) is 2.34. The highest BCUT2D eigenvalue weighted by atomic mass is 16.5. The maximum atomic E-state index is 8.87. The first-order chi connectivity index (χ1) is 10.0. The molecule has 0 spiro atoms. The Balaban J connectivity index is 2.17. The molecule has 0 amide bonds. The van der Waals surface area contributed by atoms with Crippen molar-refractivity contribution >= 4 is 5.84 Å². The minimum absolute atomic E-state index is 0.0532. The van der Waals surface area contributed by atoms with Crippen LogP contribution in [-0.4, -0.2) is 48.4 Å². The summed E-state index contributed by atoms with van der Waals surface area (Å²) in [5.41, 5.74) is 7.40. The number of methoxy groups -OCH3 is 1. The molecule has 21 heavy (non-hydrogen) atoms. The number of ether oxygens (including phenoxy) is 2. The highest BCUT2D eigenvalue weighted by molar-refractivity contribution is 5.99. The molecule has 1 heterocycles. The molecule has 116 valence electrons. The van der Waals surface area contributed by atoms with E-state index in [0.29, 0.717) is 11.3 Å². The molecule has 3 N–H and O–H groups in total. The Hall–Kier alpha value is -1.79. The minimum atomic E-state index is 0.0532. The van der Waals surface area contributed by atoms with Gasteiger partial charge in [-0.2, -0.15) is 0 Å². The molecule has 1 aromatic rings. The largest absolute Gasteiger partial charge is 0.496 e. The van der Waals surface area contributed by atoms with Gasteiger partial charge >= 0.3 is 0 Å². The summed E-state index contributed by atoms with van der Waals surface area (Å²) in [7, 11) is 1.56. The number of oxime groups is 1. The van der Waals surface area contributed by atoms with Crippen molar-refractivity contribution in [3.05, 3.63) is 29.3 Å². The summed E-state index contributed by atoms with van der Waals surface area (Å²) in [5, 5.41) is 11.9. The molecule has 2 rings (SSSR count). The molecular formula is C15H23N3O3. The molecule has 1 aliphatic heterocycles. The summed E-state index contributed by atoms with van der Waals surface area (Å²) in [5.74, 6) is 0.648. The fraction of sp³-hybridized carbons (Fsp3) is 0.533. The molecule has 0 aromatic heterocycles. The van der Waals surface area contributed by atoms with E-state index in [1.807, 2.05) is 18.2 Å². The third kappa shape index (κ3) is 3.86. The van der Waals surface area contributed by atoms with E-state index in [2.05, 4.69) is 23.9 Å². The maximum Gasteiger partial charge on any atom is 0.173 e. The fourth-order valence-electron chi connectivity index (χ4n) is 2.78. The predicted molar refractivity (Wildman–Crippen MR) is 80.8 cm³/mol. The van der Waals surface area contributed by atoms with Crippen molar-refractivity contribution in [3.63, 3.8) is 0 Å². The first-order valence-corrected chi connectivity index (χ1v) is 7.06. The van der Waals surface area contributed by atoms with Gasteiger partial charge in [-0.3, -0.25) is 4.90 Å². The van der Waals surface area contributed by atoms with E-state index in [9.17, 15) is 0 Å². The number of hydrogen-bond acceptors (Lipinski definition) is 5. The van der Waals surface area contributed by atoms with Crippen LogP contribution < -0.4 is 10.5 Å². The molecule has 0 aliphatic carbocycles. The zero-order valence-corrected chi connectivity index (χ0v) is 12.7. The van der Waals surface area contributed by atoms with Crippen molar-refractivity contribution in [2.75, 3.05) is 20.2 Å². The zero-order chi connectivity index (χ0) is 15.4. The molecule has 1 fully saturated rings. The van der Waals surface area contributed by atoms with Crippen molar-refractivity contribution < 1.29 is 14.7 Å². The first kappa shape index (κ1) is 15.6. The fourth-order valence-corrected chi connectivity index (χ4v) is 2.78. The van der Waals surface area contributed by atoms with E-state index < -0.39 is 0 Å². The van der Waals surface area contributed by atoms with Gasteiger partial charge in [-0.1, -0.05) is 11.2 Å². The molecule has 0 radical (unpaired) electrons. The molecule has 0 saturated carbocycles. The van der Waals surface area contributed by atoms with Crippen LogP contribution in [0.4, 0.5) is 0 Å². The van der Waals surface area contributed by atoms with Gasteiger partial charge in [0.15, 0.2) is 5.84 Å². The van der Waals surface area contributed by atoms with Crippen LogP contribution in [0.25, 0.3) is 0 Å². The average molecular weight is 293 g/mol. The van der Waals surface area contributed by atoms with Crippen molar-refractivity contribution in [3.8, 4) is 5.75 Å². The maximum absolute atomic E-state index is 8.87. The van der Waals surface area contributed by atoms with Gasteiger partial charge in [-0.15, -0.1) is 0 Å². The second-order valence-electron chi connectivity index (χ2n) is 5.47. The van der Waals surface area contributed by atoms with Gasteiger partial charge in [-0.05, 0) is 31.5 Å². The average Bonchev–Trinajstić information content (AvgIpc) is 2.45. The van der Waals surface area contributed by atoms with Crippen molar-refractivity contribution in [2.24, 2.45) is 10.9 Å². The molecule has 1 saturated heterocycles. The number of amidine groups is 1. The third-order valence-electron chi connectivity index (χ3n) is 3.55. The Kier molecular flexibility index (Phi) is 5.03. The Bertz CT molecular complexity index is 509. The number of nitrogens with zero attached hydrogens (tertiary/aromatic N) is 2. The Labute approximate surface area is 125 Å². The molecular weight excluding hydrogens is 270 g/mol. The van der Waals surface area contributed by atoms with Crippen LogP contribution in [-0.2, 0) is 11.3 Å². The lowest BCUT2D eigenvalue weighted by Crippen LogP contribution is -2.44. The molecule has 0 bridgehead atoms.